The summed E-state index contributed by atoms with van der Waals surface area (Å²) in [4.78, 5) is 7.65. The van der Waals surface area contributed by atoms with Crippen molar-refractivity contribution in [3.63, 3.8) is 0 Å². The number of nitrogens with one attached hydrogen (secondary N) is 1. The second kappa shape index (κ2) is 6.80. The molecule has 0 aliphatic rings. The Kier molecular flexibility index (Phi) is 4.88. The topological polar surface area (TPSA) is 66.1 Å². The number of nitrogens with zero attached hydrogens (tertiary/aromatic N) is 2. The zero-order valence-corrected chi connectivity index (χ0v) is 15.8. The molecule has 0 radical (unpaired) electrons. The van der Waals surface area contributed by atoms with Gasteiger partial charge in [-0.2, -0.15) is 0 Å². The Labute approximate surface area is 155 Å². The predicted octanol–water partition coefficient (Wildman–Crippen LogP) is 4.20. The van der Waals surface area contributed by atoms with Crippen LogP contribution in [0.2, 0.25) is 5.02 Å². The summed E-state index contributed by atoms with van der Waals surface area (Å²) >= 11 is 12.2. The van der Waals surface area contributed by atoms with Crippen molar-refractivity contribution in [3.8, 4) is 0 Å². The number of fused-ring (bicyclic) bond motifs is 1. The average molecular weight is 396 g/mol. The molecule has 0 amide bonds. The van der Waals surface area contributed by atoms with Crippen molar-refractivity contribution in [3.05, 3.63) is 58.9 Å². The van der Waals surface area contributed by atoms with Crippen LogP contribution in [0.25, 0.3) is 22.1 Å². The molecule has 0 atom stereocenters. The van der Waals surface area contributed by atoms with Crippen LogP contribution in [0.1, 0.15) is 11.4 Å². The van der Waals surface area contributed by atoms with Gasteiger partial charge in [0, 0.05) is 19.1 Å². The van der Waals surface area contributed by atoms with Gasteiger partial charge < -0.3 is 4.98 Å². The molecule has 1 N–H and O–H groups in total. The smallest absolute Gasteiger partial charge is 0.242 e. The summed E-state index contributed by atoms with van der Waals surface area (Å²) in [6.07, 6.45) is 1.76. The van der Waals surface area contributed by atoms with Gasteiger partial charge in [-0.1, -0.05) is 35.3 Å². The Hall–Kier alpha value is -1.86. The Bertz CT molecular complexity index is 1060. The van der Waals surface area contributed by atoms with Crippen molar-refractivity contribution in [1.29, 1.82) is 0 Å². The normalized spacial score (nSPS) is 12.9. The Balaban J connectivity index is 2.00. The fraction of sp³-hybridized carbons (Fsp3) is 0.118. The van der Waals surface area contributed by atoms with Crippen molar-refractivity contribution < 1.29 is 8.42 Å². The van der Waals surface area contributed by atoms with E-state index in [-0.39, 0.29) is 4.90 Å². The maximum atomic E-state index is 12.2. The summed E-state index contributed by atoms with van der Waals surface area (Å²) in [6.45, 7) is 0. The summed E-state index contributed by atoms with van der Waals surface area (Å²) in [5.74, 6) is 0.464. The lowest BCUT2D eigenvalue weighted by atomic mass is 10.2. The van der Waals surface area contributed by atoms with Crippen LogP contribution in [0.3, 0.4) is 0 Å². The molecular formula is C17H15Cl2N3O2S. The first-order valence-electron chi connectivity index (χ1n) is 7.33. The summed E-state index contributed by atoms with van der Waals surface area (Å²) in [5, 5.41) is 1.06. The minimum absolute atomic E-state index is 0.193. The molecule has 0 saturated carbocycles. The standard InChI is InChI=1S/C17H15Cl2N3O2S/c1-22(2)25(23,24)13-7-8-15-16(10-13)21-17(20-15)14(19)9-11-3-5-12(18)6-4-11/h3-10H,1-2H3,(H,20,21)/b14-9-. The zero-order valence-electron chi connectivity index (χ0n) is 13.5. The van der Waals surface area contributed by atoms with Crippen molar-refractivity contribution >= 4 is 55.4 Å². The lowest BCUT2D eigenvalue weighted by Crippen LogP contribution is -2.22. The molecule has 0 fully saturated rings. The van der Waals surface area contributed by atoms with Gasteiger partial charge in [-0.15, -0.1) is 0 Å². The highest BCUT2D eigenvalue weighted by molar-refractivity contribution is 7.89. The van der Waals surface area contributed by atoms with E-state index in [1.807, 2.05) is 12.1 Å². The Morgan fingerprint density at radius 1 is 1.16 bits per heavy atom. The van der Waals surface area contributed by atoms with Crippen LogP contribution >= 0.6 is 23.2 Å². The molecule has 3 aromatic rings. The lowest BCUT2D eigenvalue weighted by molar-refractivity contribution is 0.521. The third kappa shape index (κ3) is 3.72. The van der Waals surface area contributed by atoms with Gasteiger partial charge in [0.2, 0.25) is 10.0 Å². The third-order valence-corrected chi connectivity index (χ3v) is 5.97. The second-order valence-electron chi connectivity index (χ2n) is 5.60. The summed E-state index contributed by atoms with van der Waals surface area (Å²) in [5.41, 5.74) is 2.11. The molecule has 1 heterocycles. The summed E-state index contributed by atoms with van der Waals surface area (Å²) < 4.78 is 25.6. The number of rotatable bonds is 4. The number of halogens is 2. The molecule has 2 aromatic carbocycles. The lowest BCUT2D eigenvalue weighted by Gasteiger charge is -2.10. The molecular weight excluding hydrogens is 381 g/mol. The number of imidazole rings is 1. The van der Waals surface area contributed by atoms with E-state index in [0.717, 1.165) is 5.56 Å². The van der Waals surface area contributed by atoms with Crippen LogP contribution < -0.4 is 0 Å². The maximum absolute atomic E-state index is 12.2. The SMILES string of the molecule is CN(C)S(=O)(=O)c1ccc2nc(/C(Cl)=C/c3ccc(Cl)cc3)[nH]c2c1. The molecule has 8 heteroatoms. The Morgan fingerprint density at radius 2 is 1.84 bits per heavy atom. The number of hydrogen-bond donors (Lipinski definition) is 1. The number of hydrogen-bond acceptors (Lipinski definition) is 3. The zero-order chi connectivity index (χ0) is 18.2. The highest BCUT2D eigenvalue weighted by Gasteiger charge is 2.18. The van der Waals surface area contributed by atoms with E-state index in [1.54, 1.807) is 30.3 Å². The van der Waals surface area contributed by atoms with Gasteiger partial charge in [0.1, 0.15) is 5.82 Å². The van der Waals surface area contributed by atoms with Crippen LogP contribution in [0.5, 0.6) is 0 Å². The van der Waals surface area contributed by atoms with E-state index in [1.165, 1.54) is 24.5 Å². The van der Waals surface area contributed by atoms with Gasteiger partial charge in [0.25, 0.3) is 0 Å². The van der Waals surface area contributed by atoms with Gasteiger partial charge >= 0.3 is 0 Å². The van der Waals surface area contributed by atoms with Crippen LogP contribution in [0, 0.1) is 0 Å². The molecule has 25 heavy (non-hydrogen) atoms. The molecule has 130 valence electrons. The first-order chi connectivity index (χ1) is 11.8. The van der Waals surface area contributed by atoms with Gasteiger partial charge in [0.05, 0.1) is 21.0 Å². The maximum Gasteiger partial charge on any atom is 0.242 e. The quantitative estimate of drug-likeness (QED) is 0.719. The summed E-state index contributed by atoms with van der Waals surface area (Å²) in [6, 6.07) is 12.0. The van der Waals surface area contributed by atoms with Crippen LogP contribution in [-0.4, -0.2) is 36.8 Å². The number of aromatic nitrogens is 2. The van der Waals surface area contributed by atoms with E-state index >= 15 is 0 Å². The largest absolute Gasteiger partial charge is 0.337 e. The Morgan fingerprint density at radius 3 is 2.48 bits per heavy atom. The van der Waals surface area contributed by atoms with Crippen molar-refractivity contribution in [1.82, 2.24) is 14.3 Å². The minimum Gasteiger partial charge on any atom is -0.337 e. The molecule has 0 aliphatic carbocycles. The highest BCUT2D eigenvalue weighted by Crippen LogP contribution is 2.25. The van der Waals surface area contributed by atoms with Crippen molar-refractivity contribution in [2.24, 2.45) is 0 Å². The van der Waals surface area contributed by atoms with E-state index in [2.05, 4.69) is 9.97 Å². The average Bonchev–Trinajstić information content (AvgIpc) is 3.00. The van der Waals surface area contributed by atoms with Gasteiger partial charge in [0.15, 0.2) is 0 Å². The molecule has 0 bridgehead atoms. The second-order valence-corrected chi connectivity index (χ2v) is 8.59. The van der Waals surface area contributed by atoms with Crippen LogP contribution in [-0.2, 0) is 10.0 Å². The fourth-order valence-corrected chi connectivity index (χ4v) is 3.52. The fourth-order valence-electron chi connectivity index (χ4n) is 2.25. The van der Waals surface area contributed by atoms with Gasteiger partial charge in [-0.3, -0.25) is 0 Å². The first kappa shape index (κ1) is 17.9. The third-order valence-electron chi connectivity index (χ3n) is 3.62. The van der Waals surface area contributed by atoms with Crippen molar-refractivity contribution in [2.45, 2.75) is 4.90 Å². The van der Waals surface area contributed by atoms with E-state index < -0.39 is 10.0 Å². The van der Waals surface area contributed by atoms with Gasteiger partial charge in [-0.25, -0.2) is 17.7 Å². The molecule has 0 unspecified atom stereocenters. The number of aromatic amines is 1. The van der Waals surface area contributed by atoms with E-state index in [0.29, 0.717) is 26.9 Å². The molecule has 1 aromatic heterocycles. The monoisotopic (exact) mass is 395 g/mol. The number of H-pyrrole nitrogens is 1. The molecule has 3 rings (SSSR count). The highest BCUT2D eigenvalue weighted by atomic mass is 35.5. The molecule has 0 aliphatic heterocycles. The first-order valence-corrected chi connectivity index (χ1v) is 9.52. The summed E-state index contributed by atoms with van der Waals surface area (Å²) in [7, 11) is -0.527. The van der Waals surface area contributed by atoms with Crippen molar-refractivity contribution in [2.75, 3.05) is 14.1 Å². The van der Waals surface area contributed by atoms with Crippen LogP contribution in [0.15, 0.2) is 47.4 Å². The number of sulfonamides is 1. The minimum atomic E-state index is -3.51. The number of benzene rings is 2. The molecule has 0 spiro atoms. The van der Waals surface area contributed by atoms with E-state index in [4.69, 9.17) is 23.2 Å². The predicted molar refractivity (Wildman–Crippen MR) is 102 cm³/mol. The van der Waals surface area contributed by atoms with Gasteiger partial charge in [-0.05, 0) is 42.0 Å². The van der Waals surface area contributed by atoms with Crippen LogP contribution in [0.4, 0.5) is 0 Å². The van der Waals surface area contributed by atoms with E-state index in [9.17, 15) is 8.42 Å². The molecule has 5 nitrogen and oxygen atoms in total. The molecule has 0 saturated heterocycles.